The first-order valence-corrected chi connectivity index (χ1v) is 9.25. The molecule has 0 aliphatic carbocycles. The fraction of sp³-hybridized carbons (Fsp3) is 0.304. The third-order valence-electron chi connectivity index (χ3n) is 4.17. The summed E-state index contributed by atoms with van der Waals surface area (Å²) in [4.78, 5) is 4.39. The zero-order chi connectivity index (χ0) is 21.2. The van der Waals surface area contributed by atoms with Crippen molar-refractivity contribution in [3.8, 4) is 0 Å². The van der Waals surface area contributed by atoms with Gasteiger partial charge in [0.2, 0.25) is 0 Å². The molecule has 28 heavy (non-hydrogen) atoms. The Morgan fingerprint density at radius 2 is 1.86 bits per heavy atom. The smallest absolute Gasteiger partial charge is 0.123 e. The van der Waals surface area contributed by atoms with Gasteiger partial charge in [0.15, 0.2) is 0 Å². The Bertz CT molecular complexity index is 783. The molecule has 1 aromatic rings. The van der Waals surface area contributed by atoms with Crippen LogP contribution in [0.2, 0.25) is 0 Å². The number of amidine groups is 1. The zero-order valence-electron chi connectivity index (χ0n) is 17.1. The van der Waals surface area contributed by atoms with Gasteiger partial charge in [0.1, 0.15) is 11.7 Å². The molecule has 5 heteroatoms. The van der Waals surface area contributed by atoms with E-state index in [-0.39, 0.29) is 11.2 Å². The minimum Gasteiger partial charge on any atom is -0.386 e. The minimum absolute atomic E-state index is 0.259. The van der Waals surface area contributed by atoms with Crippen LogP contribution >= 0.6 is 0 Å². The second kappa shape index (κ2) is 11.0. The lowest BCUT2D eigenvalue weighted by Gasteiger charge is -2.23. The molecular formula is C23H31FN4. The molecule has 0 saturated carbocycles. The maximum atomic E-state index is 13.1. The lowest BCUT2D eigenvalue weighted by Crippen LogP contribution is -2.23. The third kappa shape index (κ3) is 8.16. The molecule has 4 N–H and O–H groups in total. The van der Waals surface area contributed by atoms with Crippen molar-refractivity contribution in [2.75, 3.05) is 13.1 Å². The number of likely N-dealkylation sites (N-methyl/N-ethyl adjacent to an activating group) is 1. The first kappa shape index (κ1) is 23.1. The SMILES string of the molecule is C=C(/C=C\CC(=C)C(=N)/C=C\C(N)=NCC(C)(C)c1ccc(F)cc1)NCC. The lowest BCUT2D eigenvalue weighted by atomic mass is 9.85. The van der Waals surface area contributed by atoms with Gasteiger partial charge < -0.3 is 16.5 Å². The van der Waals surface area contributed by atoms with Crippen LogP contribution in [-0.4, -0.2) is 24.6 Å². The molecule has 0 atom stereocenters. The van der Waals surface area contributed by atoms with Crippen molar-refractivity contribution in [1.82, 2.24) is 5.32 Å². The monoisotopic (exact) mass is 382 g/mol. The van der Waals surface area contributed by atoms with Gasteiger partial charge in [-0.2, -0.15) is 0 Å². The van der Waals surface area contributed by atoms with Crippen molar-refractivity contribution in [2.24, 2.45) is 10.7 Å². The number of hydrogen-bond acceptors (Lipinski definition) is 3. The normalized spacial score (nSPS) is 12.5. The number of aliphatic imine (C=N–C) groups is 1. The first-order chi connectivity index (χ1) is 13.2. The van der Waals surface area contributed by atoms with Gasteiger partial charge in [0, 0.05) is 17.7 Å². The molecule has 150 valence electrons. The number of halogens is 1. The van der Waals surface area contributed by atoms with Crippen molar-refractivity contribution in [3.63, 3.8) is 0 Å². The molecule has 0 spiro atoms. The number of rotatable bonds is 11. The average molecular weight is 383 g/mol. The first-order valence-electron chi connectivity index (χ1n) is 9.25. The van der Waals surface area contributed by atoms with E-state index in [1.165, 1.54) is 12.1 Å². The van der Waals surface area contributed by atoms with Crippen molar-refractivity contribution in [2.45, 2.75) is 32.6 Å². The van der Waals surface area contributed by atoms with E-state index in [1.807, 2.05) is 32.9 Å². The Hall–Kier alpha value is -2.95. The van der Waals surface area contributed by atoms with Crippen molar-refractivity contribution < 1.29 is 4.39 Å². The van der Waals surface area contributed by atoms with Gasteiger partial charge in [-0.25, -0.2) is 4.39 Å². The van der Waals surface area contributed by atoms with E-state index in [4.69, 9.17) is 11.1 Å². The largest absolute Gasteiger partial charge is 0.386 e. The Kier molecular flexibility index (Phi) is 9.09. The summed E-state index contributed by atoms with van der Waals surface area (Å²) in [5, 5.41) is 11.2. The van der Waals surface area contributed by atoms with E-state index in [0.29, 0.717) is 30.1 Å². The van der Waals surface area contributed by atoms with Crippen LogP contribution in [0.1, 0.15) is 32.8 Å². The fourth-order valence-corrected chi connectivity index (χ4v) is 2.36. The van der Waals surface area contributed by atoms with Gasteiger partial charge in [-0.3, -0.25) is 4.99 Å². The molecule has 0 unspecified atom stereocenters. The summed E-state index contributed by atoms with van der Waals surface area (Å²) in [5.74, 6) is 0.0776. The number of hydrogen-bond donors (Lipinski definition) is 3. The summed E-state index contributed by atoms with van der Waals surface area (Å²) >= 11 is 0. The predicted octanol–water partition coefficient (Wildman–Crippen LogP) is 4.66. The minimum atomic E-state index is -0.275. The Morgan fingerprint density at radius 3 is 2.46 bits per heavy atom. The molecule has 0 aromatic heterocycles. The summed E-state index contributed by atoms with van der Waals surface area (Å²) in [6, 6.07) is 6.40. The molecule has 0 fully saturated rings. The number of benzene rings is 1. The van der Waals surface area contributed by atoms with Gasteiger partial charge in [0.25, 0.3) is 0 Å². The van der Waals surface area contributed by atoms with E-state index in [2.05, 4.69) is 23.5 Å². The highest BCUT2D eigenvalue weighted by Crippen LogP contribution is 2.23. The highest BCUT2D eigenvalue weighted by Gasteiger charge is 2.20. The molecule has 4 nitrogen and oxygen atoms in total. The summed E-state index contributed by atoms with van der Waals surface area (Å²) in [6.45, 7) is 15.1. The molecule has 1 aromatic carbocycles. The Balaban J connectivity index is 2.60. The summed E-state index contributed by atoms with van der Waals surface area (Å²) in [7, 11) is 0. The number of allylic oxidation sites excluding steroid dienone is 4. The Labute approximate surface area is 168 Å². The topological polar surface area (TPSA) is 74.3 Å². The molecule has 1 rings (SSSR count). The van der Waals surface area contributed by atoms with Gasteiger partial charge in [-0.15, -0.1) is 0 Å². The van der Waals surface area contributed by atoms with Crippen LogP contribution in [-0.2, 0) is 5.41 Å². The summed E-state index contributed by atoms with van der Waals surface area (Å²) < 4.78 is 13.1. The maximum Gasteiger partial charge on any atom is 0.123 e. The number of nitrogens with two attached hydrogens (primary N) is 1. The van der Waals surface area contributed by atoms with Gasteiger partial charge >= 0.3 is 0 Å². The molecule has 0 saturated heterocycles. The molecule has 0 aliphatic heterocycles. The zero-order valence-corrected chi connectivity index (χ0v) is 17.1. The van der Waals surface area contributed by atoms with E-state index in [1.54, 1.807) is 24.3 Å². The highest BCUT2D eigenvalue weighted by molar-refractivity contribution is 6.09. The van der Waals surface area contributed by atoms with E-state index >= 15 is 0 Å². The van der Waals surface area contributed by atoms with Crippen molar-refractivity contribution in [1.29, 1.82) is 5.41 Å². The molecule has 0 heterocycles. The quantitative estimate of drug-likeness (QED) is 0.296. The lowest BCUT2D eigenvalue weighted by molar-refractivity contribution is 0.537. The summed E-state index contributed by atoms with van der Waals surface area (Å²) in [5.41, 5.74) is 8.47. The molecule has 0 aliphatic rings. The van der Waals surface area contributed by atoms with E-state index < -0.39 is 0 Å². The molecule has 0 radical (unpaired) electrons. The van der Waals surface area contributed by atoms with E-state index in [9.17, 15) is 4.39 Å². The third-order valence-corrected chi connectivity index (χ3v) is 4.17. The highest BCUT2D eigenvalue weighted by atomic mass is 19.1. The van der Waals surface area contributed by atoms with Crippen LogP contribution in [0.5, 0.6) is 0 Å². The fourth-order valence-electron chi connectivity index (χ4n) is 2.36. The van der Waals surface area contributed by atoms with Gasteiger partial charge in [0.05, 0.1) is 12.3 Å². The Morgan fingerprint density at radius 1 is 1.21 bits per heavy atom. The molecular weight excluding hydrogens is 351 g/mol. The second-order valence-electron chi connectivity index (χ2n) is 7.14. The summed E-state index contributed by atoms with van der Waals surface area (Å²) in [6.07, 6.45) is 7.55. The van der Waals surface area contributed by atoms with Crippen LogP contribution in [0.15, 0.2) is 78.0 Å². The molecule has 0 amide bonds. The van der Waals surface area contributed by atoms with Crippen LogP contribution in [0.4, 0.5) is 4.39 Å². The van der Waals surface area contributed by atoms with Gasteiger partial charge in [-0.1, -0.05) is 45.2 Å². The predicted molar refractivity (Wildman–Crippen MR) is 118 cm³/mol. The van der Waals surface area contributed by atoms with E-state index in [0.717, 1.165) is 17.8 Å². The maximum absolute atomic E-state index is 13.1. The number of nitrogens with one attached hydrogen (secondary N) is 2. The van der Waals surface area contributed by atoms with Crippen LogP contribution in [0, 0.1) is 11.2 Å². The van der Waals surface area contributed by atoms with Crippen LogP contribution in [0.3, 0.4) is 0 Å². The van der Waals surface area contributed by atoms with Crippen molar-refractivity contribution >= 4 is 11.5 Å². The van der Waals surface area contributed by atoms with Crippen LogP contribution in [0.25, 0.3) is 0 Å². The molecule has 0 bridgehead atoms. The van der Waals surface area contributed by atoms with Crippen molar-refractivity contribution in [3.05, 3.63) is 84.4 Å². The second-order valence-corrected chi connectivity index (χ2v) is 7.14. The standard InChI is InChI=1S/C23H31FN4/c1-6-27-18(3)9-7-8-17(2)21(25)14-15-22(26)28-16-23(4,5)19-10-12-20(24)13-11-19/h7,9-15,25,27H,2-3,6,8,16H2,1,4-5H3,(H2,26,28)/b9-7-,15-14-,25-21?. The number of nitrogens with zero attached hydrogens (tertiary/aromatic N) is 1. The average Bonchev–Trinajstić information content (AvgIpc) is 2.65. The van der Waals surface area contributed by atoms with Crippen LogP contribution < -0.4 is 11.1 Å². The van der Waals surface area contributed by atoms with Gasteiger partial charge in [-0.05, 0) is 54.8 Å².